The number of benzene rings is 1. The first-order chi connectivity index (χ1) is 15.2. The Bertz CT molecular complexity index is 900. The molecule has 0 bridgehead atoms. The van der Waals surface area contributed by atoms with Crippen molar-refractivity contribution in [1.82, 2.24) is 10.2 Å². The van der Waals surface area contributed by atoms with E-state index in [4.69, 9.17) is 9.47 Å². The third-order valence-electron chi connectivity index (χ3n) is 6.05. The van der Waals surface area contributed by atoms with Gasteiger partial charge in [0, 0.05) is 45.0 Å². The van der Waals surface area contributed by atoms with Crippen LogP contribution in [-0.4, -0.2) is 67.7 Å². The zero-order valence-corrected chi connectivity index (χ0v) is 19.7. The van der Waals surface area contributed by atoms with E-state index in [0.717, 1.165) is 25.9 Å². The van der Waals surface area contributed by atoms with E-state index in [1.54, 1.807) is 38.0 Å². The summed E-state index contributed by atoms with van der Waals surface area (Å²) in [6, 6.07) is 5.45. The number of nitrogens with zero attached hydrogens (tertiary/aromatic N) is 3. The van der Waals surface area contributed by atoms with Crippen molar-refractivity contribution in [2.75, 3.05) is 38.3 Å². The summed E-state index contributed by atoms with van der Waals surface area (Å²) in [5.74, 6) is 0.0686. The summed E-state index contributed by atoms with van der Waals surface area (Å²) in [5, 5.41) is 13.2. The average molecular weight is 443 g/mol. The van der Waals surface area contributed by atoms with Gasteiger partial charge in [-0.1, -0.05) is 0 Å². The molecule has 0 saturated carbocycles. The van der Waals surface area contributed by atoms with Crippen LogP contribution in [0, 0.1) is 11.3 Å². The molecule has 8 nitrogen and oxygen atoms in total. The number of carbonyl (C=O) groups excluding carboxylic acids is 2. The molecule has 0 radical (unpaired) electrons. The molecule has 8 heteroatoms. The van der Waals surface area contributed by atoms with E-state index < -0.39 is 5.60 Å². The highest BCUT2D eigenvalue weighted by Crippen LogP contribution is 2.40. The van der Waals surface area contributed by atoms with Crippen LogP contribution in [-0.2, 0) is 9.53 Å². The Hall–Kier alpha value is -2.63. The highest BCUT2D eigenvalue weighted by atomic mass is 16.5. The average Bonchev–Trinajstić information content (AvgIpc) is 2.76. The first-order valence-electron chi connectivity index (χ1n) is 11.3. The van der Waals surface area contributed by atoms with Crippen molar-refractivity contribution in [3.8, 4) is 11.8 Å². The standard InChI is InChI=1S/C24H34N4O4/c1-16(2)28(18-8-6-9-26-15-18)22(29)19-13-20-21(12-17(19)14-25)32-24(3,4)23(30)27(20)10-7-11-31-5/h12-13,16,18,26H,6-11,15H2,1-5H3/t18-/m1/s1. The van der Waals surface area contributed by atoms with Gasteiger partial charge >= 0.3 is 0 Å². The van der Waals surface area contributed by atoms with Gasteiger partial charge in [0.25, 0.3) is 11.8 Å². The smallest absolute Gasteiger partial charge is 0.270 e. The number of amides is 2. The summed E-state index contributed by atoms with van der Waals surface area (Å²) < 4.78 is 11.1. The number of hydrogen-bond acceptors (Lipinski definition) is 6. The Kier molecular flexibility index (Phi) is 7.42. The number of piperidine rings is 1. The maximum absolute atomic E-state index is 13.7. The molecule has 2 amide bonds. The van der Waals surface area contributed by atoms with Gasteiger partial charge in [0.1, 0.15) is 11.8 Å². The number of carbonyl (C=O) groups is 2. The van der Waals surface area contributed by atoms with E-state index in [1.165, 1.54) is 0 Å². The van der Waals surface area contributed by atoms with Crippen molar-refractivity contribution in [3.63, 3.8) is 0 Å². The van der Waals surface area contributed by atoms with Crippen molar-refractivity contribution in [1.29, 1.82) is 5.26 Å². The second kappa shape index (κ2) is 9.88. The molecule has 2 heterocycles. The van der Waals surface area contributed by atoms with Crippen LogP contribution >= 0.6 is 0 Å². The number of nitriles is 1. The van der Waals surface area contributed by atoms with Crippen LogP contribution in [0.2, 0.25) is 0 Å². The van der Waals surface area contributed by atoms with Gasteiger partial charge in [-0.25, -0.2) is 0 Å². The van der Waals surface area contributed by atoms with E-state index in [1.807, 2.05) is 18.7 Å². The Morgan fingerprint density at radius 2 is 2.19 bits per heavy atom. The minimum absolute atomic E-state index is 0.0235. The summed E-state index contributed by atoms with van der Waals surface area (Å²) in [6.07, 6.45) is 2.57. The van der Waals surface area contributed by atoms with Crippen LogP contribution in [0.5, 0.6) is 5.75 Å². The lowest BCUT2D eigenvalue weighted by Gasteiger charge is -2.40. The molecule has 1 aromatic carbocycles. The van der Waals surface area contributed by atoms with Crippen molar-refractivity contribution in [3.05, 3.63) is 23.3 Å². The molecule has 1 atom stereocenters. The molecule has 0 spiro atoms. The van der Waals surface area contributed by atoms with Gasteiger partial charge in [0.05, 0.1) is 16.8 Å². The monoisotopic (exact) mass is 442 g/mol. The van der Waals surface area contributed by atoms with E-state index >= 15 is 0 Å². The highest BCUT2D eigenvalue weighted by Gasteiger charge is 2.42. The Balaban J connectivity index is 2.05. The van der Waals surface area contributed by atoms with Gasteiger partial charge in [-0.15, -0.1) is 0 Å². The molecule has 2 aliphatic rings. The van der Waals surface area contributed by atoms with Gasteiger partial charge in [0.15, 0.2) is 5.60 Å². The highest BCUT2D eigenvalue weighted by molar-refractivity contribution is 6.05. The minimum atomic E-state index is -1.06. The fourth-order valence-corrected chi connectivity index (χ4v) is 4.50. The number of fused-ring (bicyclic) bond motifs is 1. The number of nitrogens with one attached hydrogen (secondary N) is 1. The zero-order chi connectivity index (χ0) is 23.5. The summed E-state index contributed by atoms with van der Waals surface area (Å²) in [5.41, 5.74) is 0.0255. The Morgan fingerprint density at radius 3 is 2.78 bits per heavy atom. The van der Waals surface area contributed by atoms with E-state index in [9.17, 15) is 14.9 Å². The van der Waals surface area contributed by atoms with Crippen molar-refractivity contribution in [2.45, 2.75) is 64.6 Å². The molecule has 174 valence electrons. The molecule has 1 N–H and O–H groups in total. The summed E-state index contributed by atoms with van der Waals surface area (Å²) in [4.78, 5) is 30.3. The number of anilines is 1. The summed E-state index contributed by atoms with van der Waals surface area (Å²) in [7, 11) is 1.62. The van der Waals surface area contributed by atoms with Crippen LogP contribution in [0.25, 0.3) is 0 Å². The van der Waals surface area contributed by atoms with E-state index in [0.29, 0.717) is 36.6 Å². The van der Waals surface area contributed by atoms with Crippen LogP contribution in [0.3, 0.4) is 0 Å². The lowest BCUT2D eigenvalue weighted by Crippen LogP contribution is -2.53. The first-order valence-corrected chi connectivity index (χ1v) is 11.3. The third kappa shape index (κ3) is 4.74. The van der Waals surface area contributed by atoms with Gasteiger partial charge in [-0.2, -0.15) is 5.26 Å². The van der Waals surface area contributed by atoms with Crippen molar-refractivity contribution >= 4 is 17.5 Å². The van der Waals surface area contributed by atoms with Crippen LogP contribution in [0.4, 0.5) is 5.69 Å². The molecule has 1 saturated heterocycles. The largest absolute Gasteiger partial charge is 0.476 e. The first kappa shape index (κ1) is 24.0. The van der Waals surface area contributed by atoms with Crippen molar-refractivity contribution < 1.29 is 19.1 Å². The normalized spacial score (nSPS) is 19.8. The van der Waals surface area contributed by atoms with Crippen LogP contribution in [0.15, 0.2) is 12.1 Å². The predicted octanol–water partition coefficient (Wildman–Crippen LogP) is 2.70. The van der Waals surface area contributed by atoms with E-state index in [2.05, 4.69) is 11.4 Å². The van der Waals surface area contributed by atoms with Gasteiger partial charge in [-0.3, -0.25) is 9.59 Å². The number of ether oxygens (including phenoxy) is 2. The third-order valence-corrected chi connectivity index (χ3v) is 6.05. The lowest BCUT2D eigenvalue weighted by atomic mass is 9.97. The molecule has 0 aliphatic carbocycles. The molecule has 3 rings (SSSR count). The minimum Gasteiger partial charge on any atom is -0.476 e. The van der Waals surface area contributed by atoms with Gasteiger partial charge < -0.3 is 24.6 Å². The molecule has 1 aromatic rings. The molecular weight excluding hydrogens is 408 g/mol. The van der Waals surface area contributed by atoms with Crippen LogP contribution < -0.4 is 15.0 Å². The Morgan fingerprint density at radius 1 is 1.44 bits per heavy atom. The number of methoxy groups -OCH3 is 1. The lowest BCUT2D eigenvalue weighted by molar-refractivity contribution is -0.132. The predicted molar refractivity (Wildman–Crippen MR) is 122 cm³/mol. The van der Waals surface area contributed by atoms with E-state index in [-0.39, 0.29) is 29.5 Å². The number of rotatable bonds is 7. The number of hydrogen-bond donors (Lipinski definition) is 1. The molecule has 1 fully saturated rings. The van der Waals surface area contributed by atoms with Gasteiger partial charge in [-0.05, 0) is 59.6 Å². The molecule has 2 aliphatic heterocycles. The summed E-state index contributed by atoms with van der Waals surface area (Å²) in [6.45, 7) is 10.0. The SMILES string of the molecule is COCCCN1C(=O)C(C)(C)Oc2cc(C#N)c(C(=O)N(C(C)C)[C@@H]3CCCNC3)cc21. The van der Waals surface area contributed by atoms with Crippen LogP contribution in [0.1, 0.15) is 62.9 Å². The quantitative estimate of drug-likeness (QED) is 0.653. The fourth-order valence-electron chi connectivity index (χ4n) is 4.50. The Labute approximate surface area is 190 Å². The molecule has 32 heavy (non-hydrogen) atoms. The maximum Gasteiger partial charge on any atom is 0.270 e. The van der Waals surface area contributed by atoms with Gasteiger partial charge in [0.2, 0.25) is 0 Å². The molecular formula is C24H34N4O4. The fraction of sp³-hybridized carbons (Fsp3) is 0.625. The zero-order valence-electron chi connectivity index (χ0n) is 19.7. The second-order valence-corrected chi connectivity index (χ2v) is 9.20. The maximum atomic E-state index is 13.7. The topological polar surface area (TPSA) is 94.9 Å². The molecule has 0 aromatic heterocycles. The summed E-state index contributed by atoms with van der Waals surface area (Å²) >= 11 is 0. The van der Waals surface area contributed by atoms with Crippen molar-refractivity contribution in [2.24, 2.45) is 0 Å². The second-order valence-electron chi connectivity index (χ2n) is 9.20. The molecule has 0 unspecified atom stereocenters.